The number of benzene rings is 4. The van der Waals surface area contributed by atoms with Gasteiger partial charge < -0.3 is 14.4 Å². The maximum absolute atomic E-state index is 13.9. The molecule has 0 saturated heterocycles. The molecule has 0 aliphatic carbocycles. The molecule has 4 aromatic rings. The number of carbonyl (C=O) groups is 3. The van der Waals surface area contributed by atoms with Crippen LogP contribution in [0, 0.1) is 0 Å². The van der Waals surface area contributed by atoms with Gasteiger partial charge in [-0.15, -0.1) is 0 Å². The second kappa shape index (κ2) is 13.9. The summed E-state index contributed by atoms with van der Waals surface area (Å²) in [6, 6.07) is 36.7. The van der Waals surface area contributed by atoms with Crippen LogP contribution in [-0.2, 0) is 43.5 Å². The van der Waals surface area contributed by atoms with E-state index in [1.165, 1.54) is 0 Å². The summed E-state index contributed by atoms with van der Waals surface area (Å²) in [6.45, 7) is -0.360. The molecule has 42 heavy (non-hydrogen) atoms. The van der Waals surface area contributed by atoms with Gasteiger partial charge in [0.25, 0.3) is 5.91 Å². The lowest BCUT2D eigenvalue weighted by atomic mass is 10.0. The normalized spacial score (nSPS) is 14.7. The summed E-state index contributed by atoms with van der Waals surface area (Å²) >= 11 is 0. The number of amides is 1. The number of carbonyl (C=O) groups excluding carboxylic acids is 3. The minimum atomic E-state index is -0.814. The molecular formula is C34H31N3O5. The minimum absolute atomic E-state index is 0.0871. The van der Waals surface area contributed by atoms with Crippen LogP contribution in [0.5, 0.6) is 0 Å². The third kappa shape index (κ3) is 7.48. The monoisotopic (exact) mass is 561 g/mol. The van der Waals surface area contributed by atoms with Gasteiger partial charge in [-0.3, -0.25) is 14.4 Å². The molecule has 5 rings (SSSR count). The van der Waals surface area contributed by atoms with Crippen LogP contribution >= 0.6 is 0 Å². The van der Waals surface area contributed by atoms with Crippen molar-refractivity contribution in [2.24, 2.45) is 5.10 Å². The van der Waals surface area contributed by atoms with E-state index in [0.717, 1.165) is 21.7 Å². The van der Waals surface area contributed by atoms with E-state index in [1.54, 1.807) is 4.90 Å². The molecule has 0 fully saturated rings. The van der Waals surface area contributed by atoms with Crippen molar-refractivity contribution in [2.45, 2.75) is 25.7 Å². The summed E-state index contributed by atoms with van der Waals surface area (Å²) < 4.78 is 11.0. The van der Waals surface area contributed by atoms with Crippen LogP contribution in [0.25, 0.3) is 0 Å². The number of hydrogen-bond donors (Lipinski definition) is 0. The lowest BCUT2D eigenvalue weighted by molar-refractivity contribution is -0.154. The summed E-state index contributed by atoms with van der Waals surface area (Å²) in [4.78, 5) is 41.5. The molecule has 8 heteroatoms. The van der Waals surface area contributed by atoms with E-state index >= 15 is 0 Å². The first-order valence-corrected chi connectivity index (χ1v) is 13.7. The van der Waals surface area contributed by atoms with E-state index in [0.29, 0.717) is 17.8 Å². The average Bonchev–Trinajstić information content (AvgIpc) is 3.04. The van der Waals surface area contributed by atoms with Crippen LogP contribution in [0.15, 0.2) is 126 Å². The van der Waals surface area contributed by atoms with Gasteiger partial charge in [0.1, 0.15) is 32.3 Å². The fourth-order valence-electron chi connectivity index (χ4n) is 4.65. The maximum atomic E-state index is 13.9. The molecule has 0 aromatic heterocycles. The van der Waals surface area contributed by atoms with Crippen LogP contribution in [0.4, 0.5) is 0 Å². The molecule has 1 aliphatic heterocycles. The number of ether oxygens (including phenoxy) is 2. The molecule has 0 spiro atoms. The highest BCUT2D eigenvalue weighted by Gasteiger charge is 2.39. The van der Waals surface area contributed by atoms with Crippen LogP contribution in [0.2, 0.25) is 0 Å². The van der Waals surface area contributed by atoms with Gasteiger partial charge in [-0.1, -0.05) is 121 Å². The van der Waals surface area contributed by atoms with E-state index in [1.807, 2.05) is 121 Å². The Labute approximate surface area is 244 Å². The number of amidine groups is 1. The number of nitrogens with zero attached hydrogens (tertiary/aromatic N) is 3. The van der Waals surface area contributed by atoms with Crippen molar-refractivity contribution in [1.82, 2.24) is 9.91 Å². The molecule has 8 nitrogen and oxygen atoms in total. The lowest BCUT2D eigenvalue weighted by Gasteiger charge is -2.39. The smallest absolute Gasteiger partial charge is 0.328 e. The fourth-order valence-corrected chi connectivity index (χ4v) is 4.65. The number of esters is 2. The van der Waals surface area contributed by atoms with Crippen LogP contribution in [0.3, 0.4) is 0 Å². The highest BCUT2D eigenvalue weighted by Crippen LogP contribution is 2.22. The van der Waals surface area contributed by atoms with Crippen molar-refractivity contribution < 1.29 is 23.9 Å². The standard InChI is InChI=1S/C34H31N3O5/c38-31(41-24-27-15-7-2-8-16-27)22-36-30(21-26-13-5-1-6-14-26)34(40)37(35-33(36)29-19-11-4-12-20-29)23-32(39)42-25-28-17-9-3-10-18-28/h1-20,30H,21-25H2/t30-/m0/s1. The molecule has 0 saturated carbocycles. The first kappa shape index (κ1) is 28.3. The van der Waals surface area contributed by atoms with Gasteiger partial charge in [-0.05, 0) is 16.7 Å². The van der Waals surface area contributed by atoms with Crippen molar-refractivity contribution >= 4 is 23.7 Å². The van der Waals surface area contributed by atoms with Crippen molar-refractivity contribution in [3.63, 3.8) is 0 Å². The molecule has 0 N–H and O–H groups in total. The average molecular weight is 562 g/mol. The van der Waals surface area contributed by atoms with Crippen LogP contribution in [0.1, 0.15) is 22.3 Å². The number of hydrogen-bond acceptors (Lipinski definition) is 7. The molecule has 1 atom stereocenters. The molecule has 1 aliphatic rings. The van der Waals surface area contributed by atoms with E-state index in [-0.39, 0.29) is 26.3 Å². The van der Waals surface area contributed by atoms with Crippen molar-refractivity contribution in [3.8, 4) is 0 Å². The summed E-state index contributed by atoms with van der Waals surface area (Å²) in [5.41, 5.74) is 3.30. The van der Waals surface area contributed by atoms with E-state index in [9.17, 15) is 14.4 Å². The molecular weight excluding hydrogens is 530 g/mol. The predicted molar refractivity (Wildman–Crippen MR) is 158 cm³/mol. The van der Waals surface area contributed by atoms with Gasteiger partial charge in [0.05, 0.1) is 0 Å². The molecule has 212 valence electrons. The van der Waals surface area contributed by atoms with Gasteiger partial charge in [-0.25, -0.2) is 5.01 Å². The third-order valence-electron chi connectivity index (χ3n) is 6.77. The lowest BCUT2D eigenvalue weighted by Crippen LogP contribution is -2.58. The molecule has 1 amide bonds. The zero-order valence-electron chi connectivity index (χ0n) is 23.0. The molecule has 0 radical (unpaired) electrons. The summed E-state index contributed by atoms with van der Waals surface area (Å²) in [7, 11) is 0. The largest absolute Gasteiger partial charge is 0.459 e. The molecule has 1 heterocycles. The van der Waals surface area contributed by atoms with Crippen molar-refractivity contribution in [3.05, 3.63) is 144 Å². The zero-order valence-corrected chi connectivity index (χ0v) is 23.0. The third-order valence-corrected chi connectivity index (χ3v) is 6.77. The zero-order chi connectivity index (χ0) is 29.1. The summed E-state index contributed by atoms with van der Waals surface area (Å²) in [6.07, 6.45) is 0.299. The SMILES string of the molecule is O=C(CN1N=C(c2ccccc2)N(CC(=O)OCc2ccccc2)[C@@H](Cc2ccccc2)C1=O)OCc1ccccc1. The first-order valence-electron chi connectivity index (χ1n) is 13.7. The first-order chi connectivity index (χ1) is 20.6. The Morgan fingerprint density at radius 1 is 0.619 bits per heavy atom. The van der Waals surface area contributed by atoms with Gasteiger partial charge >= 0.3 is 11.9 Å². The Kier molecular flexibility index (Phi) is 9.36. The maximum Gasteiger partial charge on any atom is 0.328 e. The Morgan fingerprint density at radius 2 is 1.07 bits per heavy atom. The highest BCUT2D eigenvalue weighted by atomic mass is 16.5. The Morgan fingerprint density at radius 3 is 1.60 bits per heavy atom. The topological polar surface area (TPSA) is 88.5 Å². The second-order valence-corrected chi connectivity index (χ2v) is 9.81. The molecule has 0 bridgehead atoms. The van der Waals surface area contributed by atoms with Gasteiger partial charge in [0.2, 0.25) is 0 Å². The van der Waals surface area contributed by atoms with E-state index in [4.69, 9.17) is 9.47 Å². The molecule has 4 aromatic carbocycles. The second-order valence-electron chi connectivity index (χ2n) is 9.81. The highest BCUT2D eigenvalue weighted by molar-refractivity contribution is 6.05. The van der Waals surface area contributed by atoms with Crippen LogP contribution < -0.4 is 0 Å². The van der Waals surface area contributed by atoms with Crippen LogP contribution in [-0.4, -0.2) is 52.7 Å². The predicted octanol–water partition coefficient (Wildman–Crippen LogP) is 4.59. The van der Waals surface area contributed by atoms with Gasteiger partial charge in [0.15, 0.2) is 5.84 Å². The number of rotatable bonds is 11. The quantitative estimate of drug-likeness (QED) is 0.249. The van der Waals surface area contributed by atoms with Crippen molar-refractivity contribution in [1.29, 1.82) is 0 Å². The van der Waals surface area contributed by atoms with Gasteiger partial charge in [-0.2, -0.15) is 5.10 Å². The Hall–Kier alpha value is -5.24. The summed E-state index contributed by atoms with van der Waals surface area (Å²) in [5.74, 6) is -1.10. The number of hydrazone groups is 1. The Bertz CT molecular complexity index is 1510. The summed E-state index contributed by atoms with van der Waals surface area (Å²) in [5, 5.41) is 5.74. The van der Waals surface area contributed by atoms with Gasteiger partial charge in [0, 0.05) is 12.0 Å². The van der Waals surface area contributed by atoms with E-state index in [2.05, 4.69) is 5.10 Å². The Balaban J connectivity index is 1.41. The minimum Gasteiger partial charge on any atom is -0.459 e. The van der Waals surface area contributed by atoms with Crippen molar-refractivity contribution in [2.75, 3.05) is 13.1 Å². The van der Waals surface area contributed by atoms with E-state index < -0.39 is 23.9 Å². The fraction of sp³-hybridized carbons (Fsp3) is 0.176. The molecule has 0 unspecified atom stereocenters.